The van der Waals surface area contributed by atoms with Crippen molar-refractivity contribution in [2.75, 3.05) is 13.3 Å². The molecular formula is C18H23N3O5. The van der Waals surface area contributed by atoms with E-state index in [1.165, 1.54) is 0 Å². The SMILES string of the molecule is CC(C)[C@H](C)NC(=O)CN1C(=O)N[C@@](C)(c2ccc3c(c2)OCO3)C1=O. The standard InChI is InChI=1S/C18H23N3O5/c1-10(2)11(3)19-15(22)8-21-16(23)18(4,20-17(21)24)12-5-6-13-14(7-12)26-9-25-13/h5-7,10-11H,8-9H2,1-4H3,(H,19,22)(H,20,24)/t11-,18-/m0/s1. The van der Waals surface area contributed by atoms with Gasteiger partial charge in [-0.3, -0.25) is 14.5 Å². The third-order valence-corrected chi connectivity index (χ3v) is 4.92. The minimum atomic E-state index is -1.26. The second-order valence-electron chi connectivity index (χ2n) is 7.11. The molecule has 8 nitrogen and oxygen atoms in total. The highest BCUT2D eigenvalue weighted by Gasteiger charge is 2.49. The molecule has 1 aromatic rings. The Kier molecular flexibility index (Phi) is 4.52. The minimum Gasteiger partial charge on any atom is -0.454 e. The van der Waals surface area contributed by atoms with E-state index in [1.807, 2.05) is 20.8 Å². The summed E-state index contributed by atoms with van der Waals surface area (Å²) in [6, 6.07) is 4.43. The molecule has 2 atom stereocenters. The van der Waals surface area contributed by atoms with Gasteiger partial charge in [0.2, 0.25) is 12.7 Å². The molecule has 0 spiro atoms. The molecule has 0 aromatic heterocycles. The zero-order valence-corrected chi connectivity index (χ0v) is 15.3. The van der Waals surface area contributed by atoms with Crippen LogP contribution in [0.3, 0.4) is 0 Å². The third kappa shape index (κ3) is 3.07. The summed E-state index contributed by atoms with van der Waals surface area (Å²) in [4.78, 5) is 38.3. The van der Waals surface area contributed by atoms with Crippen molar-refractivity contribution in [2.24, 2.45) is 5.92 Å². The summed E-state index contributed by atoms with van der Waals surface area (Å²) in [5.74, 6) is 0.514. The molecule has 1 fully saturated rings. The van der Waals surface area contributed by atoms with Crippen molar-refractivity contribution in [3.8, 4) is 11.5 Å². The molecule has 0 unspecified atom stereocenters. The van der Waals surface area contributed by atoms with Gasteiger partial charge in [-0.25, -0.2) is 4.79 Å². The van der Waals surface area contributed by atoms with Crippen LogP contribution in [0.2, 0.25) is 0 Å². The number of rotatable bonds is 5. The molecule has 0 radical (unpaired) electrons. The maximum Gasteiger partial charge on any atom is 0.325 e. The van der Waals surface area contributed by atoms with Gasteiger partial charge < -0.3 is 20.1 Å². The van der Waals surface area contributed by atoms with Crippen molar-refractivity contribution in [1.82, 2.24) is 15.5 Å². The number of urea groups is 1. The quantitative estimate of drug-likeness (QED) is 0.772. The number of ether oxygens (including phenoxy) is 2. The Morgan fingerprint density at radius 2 is 1.96 bits per heavy atom. The van der Waals surface area contributed by atoms with E-state index in [0.717, 1.165) is 4.90 Å². The highest BCUT2D eigenvalue weighted by molar-refractivity contribution is 6.09. The molecule has 4 amide bonds. The first-order valence-corrected chi connectivity index (χ1v) is 8.56. The second kappa shape index (κ2) is 6.51. The van der Waals surface area contributed by atoms with Crippen LogP contribution in [0.1, 0.15) is 33.3 Å². The van der Waals surface area contributed by atoms with Crippen molar-refractivity contribution in [2.45, 2.75) is 39.3 Å². The lowest BCUT2D eigenvalue weighted by atomic mass is 9.91. The zero-order valence-electron chi connectivity index (χ0n) is 15.3. The number of fused-ring (bicyclic) bond motifs is 1. The number of benzene rings is 1. The lowest BCUT2D eigenvalue weighted by molar-refractivity contribution is -0.135. The van der Waals surface area contributed by atoms with E-state index in [0.29, 0.717) is 17.1 Å². The van der Waals surface area contributed by atoms with Gasteiger partial charge in [-0.2, -0.15) is 0 Å². The summed E-state index contributed by atoms with van der Waals surface area (Å²) in [7, 11) is 0. The summed E-state index contributed by atoms with van der Waals surface area (Å²) in [6.07, 6.45) is 0. The number of nitrogens with zero attached hydrogens (tertiary/aromatic N) is 1. The average molecular weight is 361 g/mol. The summed E-state index contributed by atoms with van der Waals surface area (Å²) in [5, 5.41) is 5.48. The number of hydrogen-bond acceptors (Lipinski definition) is 5. The van der Waals surface area contributed by atoms with E-state index >= 15 is 0 Å². The van der Waals surface area contributed by atoms with Gasteiger partial charge in [0.25, 0.3) is 5.91 Å². The molecule has 2 aliphatic heterocycles. The molecule has 26 heavy (non-hydrogen) atoms. The molecule has 2 aliphatic rings. The molecule has 140 valence electrons. The Bertz CT molecular complexity index is 763. The molecule has 0 saturated carbocycles. The predicted molar refractivity (Wildman–Crippen MR) is 92.6 cm³/mol. The molecule has 8 heteroatoms. The number of hydrogen-bond donors (Lipinski definition) is 2. The van der Waals surface area contributed by atoms with Gasteiger partial charge in [0.15, 0.2) is 11.5 Å². The van der Waals surface area contributed by atoms with E-state index in [9.17, 15) is 14.4 Å². The molecule has 2 heterocycles. The van der Waals surface area contributed by atoms with Gasteiger partial charge in [0.05, 0.1) is 0 Å². The number of carbonyl (C=O) groups is 3. The fourth-order valence-electron chi connectivity index (χ4n) is 2.85. The zero-order chi connectivity index (χ0) is 19.1. The van der Waals surface area contributed by atoms with Gasteiger partial charge in [-0.05, 0) is 37.5 Å². The lowest BCUT2D eigenvalue weighted by Crippen LogP contribution is -2.46. The van der Waals surface area contributed by atoms with Gasteiger partial charge in [-0.15, -0.1) is 0 Å². The van der Waals surface area contributed by atoms with Crippen LogP contribution in [-0.4, -0.2) is 42.1 Å². The van der Waals surface area contributed by atoms with Gasteiger partial charge in [0, 0.05) is 6.04 Å². The van der Waals surface area contributed by atoms with Gasteiger partial charge >= 0.3 is 6.03 Å². The van der Waals surface area contributed by atoms with Crippen LogP contribution in [0, 0.1) is 5.92 Å². The number of imide groups is 1. The van der Waals surface area contributed by atoms with E-state index < -0.39 is 17.5 Å². The largest absolute Gasteiger partial charge is 0.454 e. The number of nitrogens with one attached hydrogen (secondary N) is 2. The summed E-state index contributed by atoms with van der Waals surface area (Å²) < 4.78 is 10.6. The first-order valence-electron chi connectivity index (χ1n) is 8.56. The van der Waals surface area contributed by atoms with Gasteiger partial charge in [-0.1, -0.05) is 19.9 Å². The van der Waals surface area contributed by atoms with E-state index in [2.05, 4.69) is 10.6 Å². The Hall–Kier alpha value is -2.77. The van der Waals surface area contributed by atoms with Crippen LogP contribution in [0.25, 0.3) is 0 Å². The summed E-state index contributed by atoms with van der Waals surface area (Å²) in [5.41, 5.74) is -0.694. The number of amides is 4. The molecular weight excluding hydrogens is 338 g/mol. The first-order chi connectivity index (χ1) is 12.2. The van der Waals surface area contributed by atoms with Crippen molar-refractivity contribution in [3.63, 3.8) is 0 Å². The highest BCUT2D eigenvalue weighted by atomic mass is 16.7. The minimum absolute atomic E-state index is 0.0523. The van der Waals surface area contributed by atoms with Crippen molar-refractivity contribution in [1.29, 1.82) is 0 Å². The highest BCUT2D eigenvalue weighted by Crippen LogP contribution is 2.37. The third-order valence-electron chi connectivity index (χ3n) is 4.92. The Morgan fingerprint density at radius 3 is 2.65 bits per heavy atom. The monoisotopic (exact) mass is 361 g/mol. The molecule has 1 saturated heterocycles. The van der Waals surface area contributed by atoms with E-state index in [4.69, 9.17) is 9.47 Å². The normalized spacial score (nSPS) is 22.6. The van der Waals surface area contributed by atoms with Crippen LogP contribution >= 0.6 is 0 Å². The average Bonchev–Trinajstić information content (AvgIpc) is 3.13. The fourth-order valence-corrected chi connectivity index (χ4v) is 2.85. The van der Waals surface area contributed by atoms with Crippen LogP contribution in [-0.2, 0) is 15.1 Å². The maximum absolute atomic E-state index is 12.9. The fraction of sp³-hybridized carbons (Fsp3) is 0.500. The topological polar surface area (TPSA) is 97.0 Å². The van der Waals surface area contributed by atoms with E-state index in [-0.39, 0.29) is 31.2 Å². The van der Waals surface area contributed by atoms with Crippen molar-refractivity contribution < 1.29 is 23.9 Å². The smallest absolute Gasteiger partial charge is 0.325 e. The molecule has 2 N–H and O–H groups in total. The van der Waals surface area contributed by atoms with Crippen LogP contribution < -0.4 is 20.1 Å². The van der Waals surface area contributed by atoms with Gasteiger partial charge in [0.1, 0.15) is 12.1 Å². The Balaban J connectivity index is 1.77. The maximum atomic E-state index is 12.9. The summed E-state index contributed by atoms with van der Waals surface area (Å²) in [6.45, 7) is 7.26. The predicted octanol–water partition coefficient (Wildman–Crippen LogP) is 1.34. The lowest BCUT2D eigenvalue weighted by Gasteiger charge is -2.23. The Morgan fingerprint density at radius 1 is 1.27 bits per heavy atom. The summed E-state index contributed by atoms with van der Waals surface area (Å²) >= 11 is 0. The molecule has 0 bridgehead atoms. The number of carbonyl (C=O) groups excluding carboxylic acids is 3. The molecule has 1 aromatic carbocycles. The van der Waals surface area contributed by atoms with Crippen molar-refractivity contribution >= 4 is 17.8 Å². The van der Waals surface area contributed by atoms with Crippen LogP contribution in [0.4, 0.5) is 4.79 Å². The van der Waals surface area contributed by atoms with Crippen LogP contribution in [0.5, 0.6) is 11.5 Å². The molecule has 3 rings (SSSR count). The Labute approximate surface area is 151 Å². The van der Waals surface area contributed by atoms with Crippen LogP contribution in [0.15, 0.2) is 18.2 Å². The second-order valence-corrected chi connectivity index (χ2v) is 7.11. The van der Waals surface area contributed by atoms with E-state index in [1.54, 1.807) is 25.1 Å². The molecule has 0 aliphatic carbocycles. The first kappa shape index (κ1) is 18.0. The van der Waals surface area contributed by atoms with Crippen molar-refractivity contribution in [3.05, 3.63) is 23.8 Å².